The van der Waals surface area contributed by atoms with E-state index in [0.717, 1.165) is 31.9 Å². The number of likely N-dealkylation sites (N-methyl/N-ethyl adjacent to an activating group) is 1. The standard InChI is InChI=1S/C15H23N3O3/c1-3-12-7-11(15(19)20)8-14(17-12)16-9-13-10-18(4-2)5-6-21-13/h7-8,13H,3-6,9-10H2,1-2H3,(H,16,17)(H,19,20). The van der Waals surface area contributed by atoms with E-state index in [-0.39, 0.29) is 11.7 Å². The number of hydrogen-bond acceptors (Lipinski definition) is 5. The fourth-order valence-electron chi connectivity index (χ4n) is 2.39. The van der Waals surface area contributed by atoms with Crippen LogP contribution in [0.5, 0.6) is 0 Å². The zero-order chi connectivity index (χ0) is 15.2. The number of aryl methyl sites for hydroxylation is 1. The summed E-state index contributed by atoms with van der Waals surface area (Å²) in [5.41, 5.74) is 1.04. The minimum atomic E-state index is -0.929. The number of rotatable bonds is 6. The number of pyridine rings is 1. The molecule has 1 aliphatic heterocycles. The van der Waals surface area contributed by atoms with E-state index in [1.807, 2.05) is 6.92 Å². The van der Waals surface area contributed by atoms with E-state index in [0.29, 0.717) is 18.8 Å². The van der Waals surface area contributed by atoms with E-state index in [1.54, 1.807) is 12.1 Å². The summed E-state index contributed by atoms with van der Waals surface area (Å²) in [5, 5.41) is 12.3. The zero-order valence-corrected chi connectivity index (χ0v) is 12.6. The van der Waals surface area contributed by atoms with Crippen molar-refractivity contribution in [1.82, 2.24) is 9.88 Å². The number of carboxylic acid groups (broad SMARTS) is 1. The van der Waals surface area contributed by atoms with E-state index in [4.69, 9.17) is 9.84 Å². The van der Waals surface area contributed by atoms with Crippen LogP contribution in [0.2, 0.25) is 0 Å². The monoisotopic (exact) mass is 293 g/mol. The van der Waals surface area contributed by atoms with Gasteiger partial charge in [0.05, 0.1) is 18.3 Å². The highest BCUT2D eigenvalue weighted by atomic mass is 16.5. The Kier molecular flexibility index (Phi) is 5.52. The molecule has 1 aromatic rings. The van der Waals surface area contributed by atoms with Crippen molar-refractivity contribution in [2.24, 2.45) is 0 Å². The van der Waals surface area contributed by atoms with Crippen LogP contribution in [0.3, 0.4) is 0 Å². The molecule has 116 valence electrons. The first-order chi connectivity index (χ1) is 10.1. The third-order valence-corrected chi connectivity index (χ3v) is 3.67. The Hall–Kier alpha value is -1.66. The molecule has 2 rings (SSSR count). The minimum absolute atomic E-state index is 0.110. The van der Waals surface area contributed by atoms with Crippen molar-refractivity contribution in [3.05, 3.63) is 23.4 Å². The van der Waals surface area contributed by atoms with Gasteiger partial charge in [0, 0.05) is 25.3 Å². The Labute approximate surface area is 125 Å². The molecule has 2 N–H and O–H groups in total. The van der Waals surface area contributed by atoms with Gasteiger partial charge in [0.15, 0.2) is 0 Å². The van der Waals surface area contributed by atoms with Gasteiger partial charge in [-0.3, -0.25) is 4.90 Å². The Morgan fingerprint density at radius 1 is 1.52 bits per heavy atom. The van der Waals surface area contributed by atoms with Crippen LogP contribution >= 0.6 is 0 Å². The molecule has 21 heavy (non-hydrogen) atoms. The van der Waals surface area contributed by atoms with Crippen molar-refractivity contribution in [1.29, 1.82) is 0 Å². The average Bonchev–Trinajstić information content (AvgIpc) is 2.52. The van der Waals surface area contributed by atoms with Gasteiger partial charge in [-0.15, -0.1) is 0 Å². The smallest absolute Gasteiger partial charge is 0.335 e. The van der Waals surface area contributed by atoms with Gasteiger partial charge in [0.1, 0.15) is 5.82 Å². The second-order valence-electron chi connectivity index (χ2n) is 5.16. The number of carboxylic acids is 1. The van der Waals surface area contributed by atoms with Crippen LogP contribution in [-0.4, -0.2) is 59.8 Å². The first kappa shape index (κ1) is 15.7. The lowest BCUT2D eigenvalue weighted by Gasteiger charge is -2.32. The van der Waals surface area contributed by atoms with Crippen LogP contribution < -0.4 is 5.32 Å². The van der Waals surface area contributed by atoms with Crippen LogP contribution in [-0.2, 0) is 11.2 Å². The second kappa shape index (κ2) is 7.38. The summed E-state index contributed by atoms with van der Waals surface area (Å²) in [4.78, 5) is 17.9. The maximum atomic E-state index is 11.1. The molecule has 6 heteroatoms. The molecular formula is C15H23N3O3. The number of anilines is 1. The molecule has 0 spiro atoms. The molecule has 0 bridgehead atoms. The van der Waals surface area contributed by atoms with Gasteiger partial charge in [0.25, 0.3) is 0 Å². The summed E-state index contributed by atoms with van der Waals surface area (Å²) in [6.07, 6.45) is 0.818. The van der Waals surface area contributed by atoms with Crippen LogP contribution in [0.4, 0.5) is 5.82 Å². The second-order valence-corrected chi connectivity index (χ2v) is 5.16. The van der Waals surface area contributed by atoms with Crippen molar-refractivity contribution >= 4 is 11.8 Å². The van der Waals surface area contributed by atoms with E-state index in [2.05, 4.69) is 22.1 Å². The normalized spacial score (nSPS) is 19.4. The molecule has 1 aliphatic rings. The fourth-order valence-corrected chi connectivity index (χ4v) is 2.39. The summed E-state index contributed by atoms with van der Waals surface area (Å²) < 4.78 is 5.72. The fraction of sp³-hybridized carbons (Fsp3) is 0.600. The maximum Gasteiger partial charge on any atom is 0.335 e. The van der Waals surface area contributed by atoms with Crippen LogP contribution in [0, 0.1) is 0 Å². The van der Waals surface area contributed by atoms with Gasteiger partial charge in [-0.1, -0.05) is 13.8 Å². The molecule has 6 nitrogen and oxygen atoms in total. The van der Waals surface area contributed by atoms with Gasteiger partial charge in [-0.25, -0.2) is 9.78 Å². The van der Waals surface area contributed by atoms with Gasteiger partial charge in [0.2, 0.25) is 0 Å². The summed E-state index contributed by atoms with van der Waals surface area (Å²) in [6, 6.07) is 3.19. The molecule has 1 saturated heterocycles. The molecule has 1 unspecified atom stereocenters. The third kappa shape index (κ3) is 4.41. The molecule has 0 amide bonds. The van der Waals surface area contributed by atoms with Crippen molar-refractivity contribution in [2.45, 2.75) is 26.4 Å². The van der Waals surface area contributed by atoms with Crippen molar-refractivity contribution in [3.8, 4) is 0 Å². The Morgan fingerprint density at radius 3 is 3.00 bits per heavy atom. The number of ether oxygens (including phenoxy) is 1. The van der Waals surface area contributed by atoms with Crippen LogP contribution in [0.1, 0.15) is 29.9 Å². The summed E-state index contributed by atoms with van der Waals surface area (Å²) in [7, 11) is 0. The van der Waals surface area contributed by atoms with E-state index in [9.17, 15) is 4.79 Å². The van der Waals surface area contributed by atoms with Crippen molar-refractivity contribution in [2.75, 3.05) is 38.1 Å². The Balaban J connectivity index is 1.99. The largest absolute Gasteiger partial charge is 0.478 e. The SMILES string of the molecule is CCc1cc(C(=O)O)cc(NCC2CN(CC)CCO2)n1. The van der Waals surface area contributed by atoms with E-state index < -0.39 is 5.97 Å². The van der Waals surface area contributed by atoms with Gasteiger partial charge < -0.3 is 15.2 Å². The van der Waals surface area contributed by atoms with E-state index in [1.165, 1.54) is 0 Å². The van der Waals surface area contributed by atoms with Crippen LogP contribution in [0.15, 0.2) is 12.1 Å². The predicted molar refractivity (Wildman–Crippen MR) is 80.9 cm³/mol. The summed E-state index contributed by atoms with van der Waals surface area (Å²) in [6.45, 7) is 8.36. The molecular weight excluding hydrogens is 270 g/mol. The predicted octanol–water partition coefficient (Wildman–Crippen LogP) is 1.47. The third-order valence-electron chi connectivity index (χ3n) is 3.67. The number of aromatic nitrogens is 1. The van der Waals surface area contributed by atoms with E-state index >= 15 is 0 Å². The molecule has 0 saturated carbocycles. The maximum absolute atomic E-state index is 11.1. The van der Waals surface area contributed by atoms with Crippen molar-refractivity contribution in [3.63, 3.8) is 0 Å². The van der Waals surface area contributed by atoms with Gasteiger partial charge >= 0.3 is 5.97 Å². The van der Waals surface area contributed by atoms with Crippen LogP contribution in [0.25, 0.3) is 0 Å². The number of hydrogen-bond donors (Lipinski definition) is 2. The Bertz CT molecular complexity index is 493. The molecule has 1 atom stereocenters. The Morgan fingerprint density at radius 2 is 2.33 bits per heavy atom. The number of nitrogens with zero attached hydrogens (tertiary/aromatic N) is 2. The lowest BCUT2D eigenvalue weighted by Crippen LogP contribution is -2.45. The number of carbonyl (C=O) groups is 1. The molecule has 0 aliphatic carbocycles. The van der Waals surface area contributed by atoms with Gasteiger partial charge in [-0.2, -0.15) is 0 Å². The van der Waals surface area contributed by atoms with Crippen molar-refractivity contribution < 1.29 is 14.6 Å². The number of aromatic carboxylic acids is 1. The lowest BCUT2D eigenvalue weighted by molar-refractivity contribution is -0.0192. The van der Waals surface area contributed by atoms with Gasteiger partial charge in [-0.05, 0) is 25.1 Å². The number of nitrogens with one attached hydrogen (secondary N) is 1. The summed E-state index contributed by atoms with van der Waals surface area (Å²) in [5.74, 6) is -0.329. The minimum Gasteiger partial charge on any atom is -0.478 e. The quantitative estimate of drug-likeness (QED) is 0.827. The molecule has 0 aromatic carbocycles. The molecule has 1 fully saturated rings. The average molecular weight is 293 g/mol. The lowest BCUT2D eigenvalue weighted by atomic mass is 10.2. The highest BCUT2D eigenvalue weighted by Gasteiger charge is 2.19. The first-order valence-corrected chi connectivity index (χ1v) is 7.44. The topological polar surface area (TPSA) is 74.7 Å². The zero-order valence-electron chi connectivity index (χ0n) is 12.6. The molecule has 2 heterocycles. The highest BCUT2D eigenvalue weighted by molar-refractivity contribution is 5.88. The molecule has 1 aromatic heterocycles. The first-order valence-electron chi connectivity index (χ1n) is 7.44. The summed E-state index contributed by atoms with van der Waals surface area (Å²) >= 11 is 0. The molecule has 0 radical (unpaired) electrons. The highest BCUT2D eigenvalue weighted by Crippen LogP contribution is 2.13. The number of morpholine rings is 1.